The first-order valence-electron chi connectivity index (χ1n) is 10.2. The third-order valence-electron chi connectivity index (χ3n) is 6.72. The molecule has 5 nitrogen and oxygen atoms in total. The van der Waals surface area contributed by atoms with E-state index in [1.807, 2.05) is 5.38 Å². The van der Waals surface area contributed by atoms with Crippen molar-refractivity contribution in [2.75, 3.05) is 37.6 Å². The highest BCUT2D eigenvalue weighted by Gasteiger charge is 2.41. The third-order valence-corrected chi connectivity index (χ3v) is 9.54. The number of para-hydroxylation sites is 1. The van der Waals surface area contributed by atoms with Gasteiger partial charge >= 0.3 is 0 Å². The van der Waals surface area contributed by atoms with E-state index in [0.29, 0.717) is 28.6 Å². The fourth-order valence-electron chi connectivity index (χ4n) is 5.24. The largest absolute Gasteiger partial charge is 0.371 e. The molecular weight excluding hydrogens is 390 g/mol. The summed E-state index contributed by atoms with van der Waals surface area (Å²) in [6.07, 6.45) is 3.51. The lowest BCUT2D eigenvalue weighted by atomic mass is 9.75. The molecule has 1 aromatic carbocycles. The lowest BCUT2D eigenvalue weighted by molar-refractivity contribution is 0.00671. The molecule has 3 fully saturated rings. The van der Waals surface area contributed by atoms with Crippen molar-refractivity contribution < 1.29 is 8.42 Å². The summed E-state index contributed by atoms with van der Waals surface area (Å²) in [6, 6.07) is 12.6. The van der Waals surface area contributed by atoms with Crippen LogP contribution in [0.5, 0.6) is 0 Å². The summed E-state index contributed by atoms with van der Waals surface area (Å²) in [4.78, 5) is 5.08. The molecule has 1 unspecified atom stereocenters. The summed E-state index contributed by atoms with van der Waals surface area (Å²) in [6.45, 7) is 4.98. The highest BCUT2D eigenvalue weighted by Crippen LogP contribution is 2.38. The van der Waals surface area contributed by atoms with E-state index in [1.54, 1.807) is 12.1 Å². The third kappa shape index (κ3) is 3.49. The molecule has 4 aliphatic rings. The van der Waals surface area contributed by atoms with E-state index in [2.05, 4.69) is 38.8 Å². The van der Waals surface area contributed by atoms with Crippen LogP contribution in [-0.4, -0.2) is 52.1 Å². The van der Waals surface area contributed by atoms with E-state index in [4.69, 9.17) is 0 Å². The Morgan fingerprint density at radius 1 is 1.14 bits per heavy atom. The van der Waals surface area contributed by atoms with Crippen molar-refractivity contribution in [3.05, 3.63) is 47.3 Å². The predicted octanol–water partition coefficient (Wildman–Crippen LogP) is 2.80. The molecule has 28 heavy (non-hydrogen) atoms. The molecule has 3 saturated heterocycles. The Hall–Kier alpha value is -1.41. The van der Waals surface area contributed by atoms with Crippen LogP contribution >= 0.6 is 11.3 Å². The second-order valence-electron chi connectivity index (χ2n) is 8.30. The molecule has 2 bridgehead atoms. The first kappa shape index (κ1) is 18.6. The number of anilines is 1. The van der Waals surface area contributed by atoms with Gasteiger partial charge in [0.2, 0.25) is 10.0 Å². The number of rotatable bonds is 6. The number of hydrogen-bond acceptors (Lipinski definition) is 5. The Bertz CT molecular complexity index is 929. The zero-order valence-electron chi connectivity index (χ0n) is 16.0. The lowest BCUT2D eigenvalue weighted by Gasteiger charge is -2.50. The van der Waals surface area contributed by atoms with Crippen molar-refractivity contribution in [1.82, 2.24) is 9.62 Å². The number of nitrogens with one attached hydrogen (secondary N) is 1. The van der Waals surface area contributed by atoms with E-state index < -0.39 is 10.0 Å². The Balaban J connectivity index is 1.20. The fourth-order valence-corrected chi connectivity index (χ4v) is 7.35. The van der Waals surface area contributed by atoms with E-state index in [9.17, 15) is 8.42 Å². The average molecular weight is 418 g/mol. The van der Waals surface area contributed by atoms with Crippen LogP contribution in [0.25, 0.3) is 0 Å². The van der Waals surface area contributed by atoms with Gasteiger partial charge in [-0.05, 0) is 60.7 Å². The summed E-state index contributed by atoms with van der Waals surface area (Å²) < 4.78 is 28.1. The van der Waals surface area contributed by atoms with Gasteiger partial charge < -0.3 is 4.90 Å². The minimum absolute atomic E-state index is 0.329. The number of thiophene rings is 1. The molecule has 4 atom stereocenters. The molecule has 1 aromatic heterocycles. The van der Waals surface area contributed by atoms with Crippen LogP contribution < -0.4 is 9.62 Å². The summed E-state index contributed by atoms with van der Waals surface area (Å²) in [7, 11) is -3.37. The van der Waals surface area contributed by atoms with Crippen LogP contribution in [-0.2, 0) is 16.4 Å². The van der Waals surface area contributed by atoms with Crippen LogP contribution in [0.2, 0.25) is 0 Å². The summed E-state index contributed by atoms with van der Waals surface area (Å²) in [5, 5.41) is 1.81. The Morgan fingerprint density at radius 2 is 2.04 bits per heavy atom. The highest BCUT2D eigenvalue weighted by atomic mass is 32.2. The lowest BCUT2D eigenvalue weighted by Crippen LogP contribution is -2.58. The average Bonchev–Trinajstić information content (AvgIpc) is 3.39. The summed E-state index contributed by atoms with van der Waals surface area (Å²) in [5.41, 5.74) is 2.89. The molecule has 0 spiro atoms. The van der Waals surface area contributed by atoms with Crippen molar-refractivity contribution in [3.63, 3.8) is 0 Å². The molecule has 7 heteroatoms. The van der Waals surface area contributed by atoms with Gasteiger partial charge in [0.15, 0.2) is 0 Å². The van der Waals surface area contributed by atoms with Gasteiger partial charge in [-0.2, -0.15) is 0 Å². The summed E-state index contributed by atoms with van der Waals surface area (Å²) in [5.74, 6) is 1.39. The molecule has 0 saturated carbocycles. The Morgan fingerprint density at radius 3 is 2.82 bits per heavy atom. The molecule has 4 aliphatic heterocycles. The second kappa shape index (κ2) is 7.44. The summed E-state index contributed by atoms with van der Waals surface area (Å²) >= 11 is 1.27. The molecular formula is C21H27N3O2S2. The van der Waals surface area contributed by atoms with Gasteiger partial charge in [-0.1, -0.05) is 24.3 Å². The molecule has 2 aromatic rings. The highest BCUT2D eigenvalue weighted by molar-refractivity contribution is 7.91. The minimum Gasteiger partial charge on any atom is -0.371 e. The molecule has 0 aliphatic carbocycles. The van der Waals surface area contributed by atoms with Gasteiger partial charge in [0.1, 0.15) is 4.21 Å². The zero-order chi connectivity index (χ0) is 19.1. The van der Waals surface area contributed by atoms with Crippen LogP contribution in [0.1, 0.15) is 18.4 Å². The first-order valence-corrected chi connectivity index (χ1v) is 12.6. The van der Waals surface area contributed by atoms with E-state index in [1.165, 1.54) is 29.0 Å². The number of nitrogens with zero attached hydrogens (tertiary/aromatic N) is 2. The van der Waals surface area contributed by atoms with Crippen molar-refractivity contribution in [3.8, 4) is 0 Å². The van der Waals surface area contributed by atoms with Crippen molar-refractivity contribution in [1.29, 1.82) is 0 Å². The molecule has 0 amide bonds. The van der Waals surface area contributed by atoms with Crippen LogP contribution in [0, 0.1) is 11.8 Å². The number of piperidine rings is 3. The quantitative estimate of drug-likeness (QED) is 0.785. The van der Waals surface area contributed by atoms with Crippen molar-refractivity contribution in [2.24, 2.45) is 11.8 Å². The predicted molar refractivity (Wildman–Crippen MR) is 113 cm³/mol. The first-order chi connectivity index (χ1) is 13.6. The number of sulfonamides is 1. The smallest absolute Gasteiger partial charge is 0.250 e. The monoisotopic (exact) mass is 417 g/mol. The zero-order valence-corrected chi connectivity index (χ0v) is 17.6. The maximum atomic E-state index is 12.4. The van der Waals surface area contributed by atoms with Gasteiger partial charge in [0.25, 0.3) is 0 Å². The maximum Gasteiger partial charge on any atom is 0.250 e. The SMILES string of the molecule is O=S(=O)(NC[C@H]1C[C@@H]2CCN1C[C@@H]2CN1CCc2ccccc21)c1cccs1. The minimum atomic E-state index is -3.37. The Labute approximate surface area is 171 Å². The molecule has 150 valence electrons. The van der Waals surface area contributed by atoms with Crippen LogP contribution in [0.3, 0.4) is 0 Å². The molecule has 0 radical (unpaired) electrons. The molecule has 1 N–H and O–H groups in total. The maximum absolute atomic E-state index is 12.4. The van der Waals surface area contributed by atoms with Crippen LogP contribution in [0.15, 0.2) is 46.0 Å². The normalized spacial score (nSPS) is 29.2. The Kier molecular flexibility index (Phi) is 4.95. The van der Waals surface area contributed by atoms with E-state index in [-0.39, 0.29) is 0 Å². The van der Waals surface area contributed by atoms with Crippen molar-refractivity contribution in [2.45, 2.75) is 29.5 Å². The number of fused-ring (bicyclic) bond motifs is 4. The van der Waals surface area contributed by atoms with E-state index in [0.717, 1.165) is 39.0 Å². The number of benzene rings is 1. The molecule has 5 heterocycles. The fraction of sp³-hybridized carbons (Fsp3) is 0.524. The number of hydrogen-bond donors (Lipinski definition) is 1. The van der Waals surface area contributed by atoms with Gasteiger partial charge in [-0.3, -0.25) is 4.90 Å². The van der Waals surface area contributed by atoms with Crippen LogP contribution in [0.4, 0.5) is 5.69 Å². The standard InChI is InChI=1S/C21H27N3O2S2/c25-28(26,21-6-3-11-27-21)22-13-19-12-17-8-9-23(19)14-18(17)15-24-10-7-16-4-1-2-5-20(16)24/h1-6,11,17-19,22H,7-10,12-15H2/t17-,18+,19+/m0/s1. The topological polar surface area (TPSA) is 52.7 Å². The van der Waals surface area contributed by atoms with Gasteiger partial charge in [0.05, 0.1) is 0 Å². The second-order valence-corrected chi connectivity index (χ2v) is 11.2. The van der Waals surface area contributed by atoms with Gasteiger partial charge in [0, 0.05) is 37.9 Å². The molecule has 6 rings (SSSR count). The van der Waals surface area contributed by atoms with E-state index >= 15 is 0 Å². The van der Waals surface area contributed by atoms with Crippen molar-refractivity contribution >= 4 is 27.0 Å². The van der Waals surface area contributed by atoms with Gasteiger partial charge in [-0.25, -0.2) is 13.1 Å². The van der Waals surface area contributed by atoms with Gasteiger partial charge in [-0.15, -0.1) is 11.3 Å².